The number of benzene rings is 1. The Balaban J connectivity index is 2.08. The zero-order valence-corrected chi connectivity index (χ0v) is 13.1. The van der Waals surface area contributed by atoms with E-state index >= 15 is 0 Å². The van der Waals surface area contributed by atoms with Gasteiger partial charge in [-0.1, -0.05) is 26.0 Å². The van der Waals surface area contributed by atoms with Gasteiger partial charge < -0.3 is 5.32 Å². The van der Waals surface area contributed by atoms with Crippen molar-refractivity contribution in [3.05, 3.63) is 35.6 Å². The molecule has 3 atom stereocenters. The summed E-state index contributed by atoms with van der Waals surface area (Å²) in [4.78, 5) is 2.50. The number of hydrogen-bond acceptors (Lipinski definition) is 2. The minimum Gasteiger partial charge on any atom is -0.311 e. The first-order valence-electron chi connectivity index (χ1n) is 7.72. The van der Waals surface area contributed by atoms with E-state index in [0.717, 1.165) is 18.7 Å². The zero-order chi connectivity index (χ0) is 14.7. The molecule has 0 aromatic heterocycles. The predicted octanol–water partition coefficient (Wildman–Crippen LogP) is 3.60. The molecular weight excluding hydrogens is 251 g/mol. The Labute approximate surface area is 122 Å². The van der Waals surface area contributed by atoms with Gasteiger partial charge in [-0.2, -0.15) is 0 Å². The van der Waals surface area contributed by atoms with Crippen molar-refractivity contribution in [2.75, 3.05) is 13.1 Å². The lowest BCUT2D eigenvalue weighted by Gasteiger charge is -2.43. The number of nitrogens with zero attached hydrogens (tertiary/aromatic N) is 1. The van der Waals surface area contributed by atoms with E-state index in [9.17, 15) is 4.39 Å². The van der Waals surface area contributed by atoms with Gasteiger partial charge in [0.15, 0.2) is 0 Å². The fourth-order valence-electron chi connectivity index (χ4n) is 3.18. The molecule has 3 heteroatoms. The lowest BCUT2D eigenvalue weighted by molar-refractivity contribution is 0.0922. The normalized spacial score (nSPS) is 25.9. The third-order valence-corrected chi connectivity index (χ3v) is 4.28. The van der Waals surface area contributed by atoms with Crippen molar-refractivity contribution in [3.8, 4) is 0 Å². The molecule has 1 aromatic rings. The smallest absolute Gasteiger partial charge is 0.123 e. The molecule has 3 unspecified atom stereocenters. The van der Waals surface area contributed by atoms with Gasteiger partial charge in [-0.25, -0.2) is 4.39 Å². The van der Waals surface area contributed by atoms with Gasteiger partial charge in [0.1, 0.15) is 5.82 Å². The van der Waals surface area contributed by atoms with Crippen LogP contribution in [0.25, 0.3) is 0 Å². The molecule has 0 amide bonds. The van der Waals surface area contributed by atoms with Crippen molar-refractivity contribution in [2.24, 2.45) is 5.92 Å². The Morgan fingerprint density at radius 1 is 1.35 bits per heavy atom. The van der Waals surface area contributed by atoms with Crippen LogP contribution in [-0.4, -0.2) is 30.1 Å². The number of rotatable bonds is 4. The van der Waals surface area contributed by atoms with E-state index in [1.165, 1.54) is 12.5 Å². The van der Waals surface area contributed by atoms with E-state index in [1.54, 1.807) is 12.1 Å². The van der Waals surface area contributed by atoms with Gasteiger partial charge in [-0.15, -0.1) is 0 Å². The van der Waals surface area contributed by atoms with Gasteiger partial charge >= 0.3 is 0 Å². The second-order valence-corrected chi connectivity index (χ2v) is 6.51. The monoisotopic (exact) mass is 278 g/mol. The van der Waals surface area contributed by atoms with E-state index in [4.69, 9.17) is 0 Å². The van der Waals surface area contributed by atoms with Gasteiger partial charge in [0.05, 0.1) is 0 Å². The van der Waals surface area contributed by atoms with Crippen LogP contribution < -0.4 is 5.32 Å². The Kier molecular flexibility index (Phi) is 5.17. The molecule has 1 saturated heterocycles. The third-order valence-electron chi connectivity index (χ3n) is 4.28. The fraction of sp³-hybridized carbons (Fsp3) is 0.647. The van der Waals surface area contributed by atoms with Crippen molar-refractivity contribution in [1.82, 2.24) is 10.2 Å². The molecule has 1 heterocycles. The molecule has 0 bridgehead atoms. The van der Waals surface area contributed by atoms with E-state index in [2.05, 4.69) is 37.9 Å². The number of nitrogens with one attached hydrogen (secondary N) is 1. The standard InChI is InChI=1S/C17H27FN2/c1-12(2)8-17-11-20(13(3)10-19-17)14(4)15-6-5-7-16(18)9-15/h5-7,9,12-14,17,19H,8,10-11H2,1-4H3. The summed E-state index contributed by atoms with van der Waals surface area (Å²) in [6.07, 6.45) is 1.19. The van der Waals surface area contributed by atoms with Crippen molar-refractivity contribution >= 4 is 0 Å². The van der Waals surface area contributed by atoms with E-state index < -0.39 is 0 Å². The highest BCUT2D eigenvalue weighted by Crippen LogP contribution is 2.26. The maximum atomic E-state index is 13.4. The van der Waals surface area contributed by atoms with Crippen LogP contribution in [-0.2, 0) is 0 Å². The maximum Gasteiger partial charge on any atom is 0.123 e. The molecule has 2 rings (SSSR count). The summed E-state index contributed by atoms with van der Waals surface area (Å²) in [6, 6.07) is 8.30. The molecule has 0 saturated carbocycles. The Bertz CT molecular complexity index is 433. The molecule has 1 N–H and O–H groups in total. The third kappa shape index (κ3) is 3.80. The van der Waals surface area contributed by atoms with Crippen LogP contribution in [0.5, 0.6) is 0 Å². The highest BCUT2D eigenvalue weighted by Gasteiger charge is 2.29. The molecule has 1 fully saturated rings. The van der Waals surface area contributed by atoms with Crippen LogP contribution in [0.15, 0.2) is 24.3 Å². The topological polar surface area (TPSA) is 15.3 Å². The van der Waals surface area contributed by atoms with Gasteiger partial charge in [0.25, 0.3) is 0 Å². The lowest BCUT2D eigenvalue weighted by atomic mass is 9.97. The Hall–Kier alpha value is -0.930. The number of hydrogen-bond donors (Lipinski definition) is 1. The van der Waals surface area contributed by atoms with Crippen LogP contribution in [0.2, 0.25) is 0 Å². The number of halogens is 1. The van der Waals surface area contributed by atoms with Crippen LogP contribution >= 0.6 is 0 Å². The molecule has 1 aromatic carbocycles. The Morgan fingerprint density at radius 3 is 2.75 bits per heavy atom. The summed E-state index contributed by atoms with van der Waals surface area (Å²) in [5.74, 6) is 0.558. The van der Waals surface area contributed by atoms with E-state index in [1.807, 2.05) is 6.07 Å². The molecule has 0 spiro atoms. The van der Waals surface area contributed by atoms with Gasteiger partial charge in [-0.3, -0.25) is 4.90 Å². The molecule has 0 radical (unpaired) electrons. The molecule has 2 nitrogen and oxygen atoms in total. The van der Waals surface area contributed by atoms with Crippen molar-refractivity contribution in [2.45, 2.75) is 52.2 Å². The second-order valence-electron chi connectivity index (χ2n) is 6.51. The van der Waals surface area contributed by atoms with E-state index in [0.29, 0.717) is 18.0 Å². The SMILES string of the molecule is CC(C)CC1CN(C(C)c2cccc(F)c2)C(C)CN1. The van der Waals surface area contributed by atoms with Crippen LogP contribution in [0.4, 0.5) is 4.39 Å². The van der Waals surface area contributed by atoms with E-state index in [-0.39, 0.29) is 11.9 Å². The summed E-state index contributed by atoms with van der Waals surface area (Å²) in [6.45, 7) is 11.0. The van der Waals surface area contributed by atoms with Crippen LogP contribution in [0.1, 0.15) is 45.7 Å². The molecular formula is C17H27FN2. The first kappa shape index (κ1) is 15.5. The Morgan fingerprint density at radius 2 is 2.10 bits per heavy atom. The predicted molar refractivity (Wildman–Crippen MR) is 82.2 cm³/mol. The molecule has 1 aliphatic heterocycles. The van der Waals surface area contributed by atoms with Gasteiger partial charge in [0, 0.05) is 31.2 Å². The van der Waals surface area contributed by atoms with Gasteiger partial charge in [0.2, 0.25) is 0 Å². The lowest BCUT2D eigenvalue weighted by Crippen LogP contribution is -2.56. The maximum absolute atomic E-state index is 13.4. The first-order chi connectivity index (χ1) is 9.47. The highest BCUT2D eigenvalue weighted by molar-refractivity contribution is 5.20. The molecule has 1 aliphatic rings. The second kappa shape index (κ2) is 6.68. The quantitative estimate of drug-likeness (QED) is 0.905. The number of piperazine rings is 1. The first-order valence-corrected chi connectivity index (χ1v) is 7.72. The zero-order valence-electron chi connectivity index (χ0n) is 13.1. The molecule has 20 heavy (non-hydrogen) atoms. The largest absolute Gasteiger partial charge is 0.311 e. The van der Waals surface area contributed by atoms with Crippen LogP contribution in [0, 0.1) is 11.7 Å². The summed E-state index contributed by atoms with van der Waals surface area (Å²) < 4.78 is 13.4. The summed E-state index contributed by atoms with van der Waals surface area (Å²) in [7, 11) is 0. The molecule has 0 aliphatic carbocycles. The average Bonchev–Trinajstić information content (AvgIpc) is 2.39. The summed E-state index contributed by atoms with van der Waals surface area (Å²) in [5, 5.41) is 3.63. The summed E-state index contributed by atoms with van der Waals surface area (Å²) >= 11 is 0. The minimum atomic E-state index is -0.143. The average molecular weight is 278 g/mol. The molecule has 112 valence electrons. The van der Waals surface area contributed by atoms with Crippen molar-refractivity contribution < 1.29 is 4.39 Å². The van der Waals surface area contributed by atoms with Crippen molar-refractivity contribution in [1.29, 1.82) is 0 Å². The fourth-order valence-corrected chi connectivity index (χ4v) is 3.18. The minimum absolute atomic E-state index is 0.143. The van der Waals surface area contributed by atoms with Crippen LogP contribution in [0.3, 0.4) is 0 Å². The highest BCUT2D eigenvalue weighted by atomic mass is 19.1. The van der Waals surface area contributed by atoms with Crippen molar-refractivity contribution in [3.63, 3.8) is 0 Å². The summed E-state index contributed by atoms with van der Waals surface area (Å²) in [5.41, 5.74) is 1.07. The van der Waals surface area contributed by atoms with Gasteiger partial charge in [-0.05, 0) is 43.9 Å².